The van der Waals surface area contributed by atoms with E-state index in [1.54, 1.807) is 29.5 Å². The summed E-state index contributed by atoms with van der Waals surface area (Å²) < 4.78 is 28.9. The lowest BCUT2D eigenvalue weighted by Crippen LogP contribution is -2.39. The highest BCUT2D eigenvalue weighted by atomic mass is 32.2. The summed E-state index contributed by atoms with van der Waals surface area (Å²) in [5.41, 5.74) is 3.20. The van der Waals surface area contributed by atoms with Gasteiger partial charge in [-0.1, -0.05) is 31.2 Å². The van der Waals surface area contributed by atoms with Gasteiger partial charge in [0.1, 0.15) is 5.01 Å². The average molecular weight is 506 g/mol. The molecule has 0 aliphatic carbocycles. The van der Waals surface area contributed by atoms with Gasteiger partial charge in [-0.05, 0) is 67.3 Å². The Morgan fingerprint density at radius 1 is 1.09 bits per heavy atom. The lowest BCUT2D eigenvalue weighted by molar-refractivity contribution is 0.101. The van der Waals surface area contributed by atoms with E-state index in [1.807, 2.05) is 42.5 Å². The number of piperidine rings is 1. The zero-order chi connectivity index (χ0) is 24.4. The molecular formula is C27H27N3O3S2. The fourth-order valence-electron chi connectivity index (χ4n) is 4.35. The van der Waals surface area contributed by atoms with Crippen LogP contribution in [0.2, 0.25) is 0 Å². The molecule has 0 bridgehead atoms. The second kappa shape index (κ2) is 9.89. The molecule has 1 saturated heterocycles. The van der Waals surface area contributed by atoms with Crippen LogP contribution >= 0.6 is 11.3 Å². The van der Waals surface area contributed by atoms with Gasteiger partial charge in [-0.2, -0.15) is 4.31 Å². The van der Waals surface area contributed by atoms with E-state index in [9.17, 15) is 13.2 Å². The molecule has 1 aromatic heterocycles. The van der Waals surface area contributed by atoms with E-state index in [-0.39, 0.29) is 17.2 Å². The Morgan fingerprint density at radius 3 is 2.66 bits per heavy atom. The van der Waals surface area contributed by atoms with Crippen molar-refractivity contribution in [3.8, 4) is 10.6 Å². The molecule has 1 atom stereocenters. The minimum Gasteiger partial charge on any atom is -0.378 e. The lowest BCUT2D eigenvalue weighted by Gasteiger charge is -2.30. The van der Waals surface area contributed by atoms with E-state index in [4.69, 9.17) is 0 Å². The molecule has 2 heterocycles. The van der Waals surface area contributed by atoms with Crippen LogP contribution in [-0.2, 0) is 10.0 Å². The van der Waals surface area contributed by atoms with Gasteiger partial charge >= 0.3 is 0 Å². The first-order chi connectivity index (χ1) is 16.9. The van der Waals surface area contributed by atoms with Crippen molar-refractivity contribution >= 4 is 43.0 Å². The topological polar surface area (TPSA) is 79.4 Å². The second-order valence-electron chi connectivity index (χ2n) is 8.98. The molecule has 1 fully saturated rings. The van der Waals surface area contributed by atoms with Crippen LogP contribution in [0.1, 0.15) is 30.1 Å². The summed E-state index contributed by atoms with van der Waals surface area (Å²) in [6.07, 6.45) is 1.90. The molecule has 1 N–H and O–H groups in total. The van der Waals surface area contributed by atoms with Crippen LogP contribution in [-0.4, -0.2) is 43.1 Å². The Bertz CT molecular complexity index is 1430. The van der Waals surface area contributed by atoms with Crippen LogP contribution in [0, 0.1) is 5.92 Å². The maximum Gasteiger partial charge on any atom is 0.243 e. The SMILES string of the molecule is CC1CCCN(S(=O)(=O)c2cccc(C(=O)CNc3ccc(-c4nc5ccccc5s4)cc3)c2)C1. The molecule has 5 rings (SSSR count). The van der Waals surface area contributed by atoms with E-state index >= 15 is 0 Å². The number of nitrogens with one attached hydrogen (secondary N) is 1. The number of benzene rings is 3. The summed E-state index contributed by atoms with van der Waals surface area (Å²) in [4.78, 5) is 17.7. The number of nitrogens with zero attached hydrogens (tertiary/aromatic N) is 2. The van der Waals surface area contributed by atoms with Gasteiger partial charge in [0.15, 0.2) is 5.78 Å². The molecule has 4 aromatic rings. The standard InChI is InChI=1S/C27H27N3O3S2/c1-19-6-5-15-30(18-19)35(32,33)23-8-4-7-21(16-23)25(31)17-28-22-13-11-20(12-14-22)27-29-24-9-2-3-10-26(24)34-27/h2-4,7-14,16,19,28H,5-6,15,17-18H2,1H3. The summed E-state index contributed by atoms with van der Waals surface area (Å²) >= 11 is 1.65. The van der Waals surface area contributed by atoms with Crippen LogP contribution < -0.4 is 5.32 Å². The van der Waals surface area contributed by atoms with Crippen LogP contribution in [0.4, 0.5) is 5.69 Å². The van der Waals surface area contributed by atoms with Crippen molar-refractivity contribution < 1.29 is 13.2 Å². The highest BCUT2D eigenvalue weighted by Crippen LogP contribution is 2.30. The third-order valence-corrected chi connectivity index (χ3v) is 9.24. The van der Waals surface area contributed by atoms with Gasteiger partial charge in [-0.15, -0.1) is 11.3 Å². The molecule has 35 heavy (non-hydrogen) atoms. The quantitative estimate of drug-likeness (QED) is 0.327. The minimum absolute atomic E-state index is 0.0741. The number of para-hydroxylation sites is 1. The number of sulfonamides is 1. The monoisotopic (exact) mass is 505 g/mol. The molecule has 0 saturated carbocycles. The molecule has 1 unspecified atom stereocenters. The Morgan fingerprint density at radius 2 is 1.89 bits per heavy atom. The molecule has 180 valence electrons. The average Bonchev–Trinajstić information content (AvgIpc) is 3.32. The van der Waals surface area contributed by atoms with Crippen molar-refractivity contribution in [1.82, 2.24) is 9.29 Å². The molecular weight excluding hydrogens is 478 g/mol. The van der Waals surface area contributed by atoms with Crippen molar-refractivity contribution in [2.45, 2.75) is 24.7 Å². The number of carbonyl (C=O) groups is 1. The molecule has 1 aliphatic heterocycles. The number of ketones is 1. The summed E-state index contributed by atoms with van der Waals surface area (Å²) in [5.74, 6) is 0.179. The summed E-state index contributed by atoms with van der Waals surface area (Å²) in [6, 6.07) is 22.2. The summed E-state index contributed by atoms with van der Waals surface area (Å²) in [5, 5.41) is 4.10. The van der Waals surface area contributed by atoms with Crippen LogP contribution in [0.15, 0.2) is 77.7 Å². The number of aromatic nitrogens is 1. The van der Waals surface area contributed by atoms with E-state index < -0.39 is 10.0 Å². The number of thiazole rings is 1. The lowest BCUT2D eigenvalue weighted by atomic mass is 10.0. The maximum absolute atomic E-state index is 13.1. The fraction of sp³-hybridized carbons (Fsp3) is 0.259. The van der Waals surface area contributed by atoms with Gasteiger partial charge < -0.3 is 5.32 Å². The number of anilines is 1. The third kappa shape index (κ3) is 5.15. The van der Waals surface area contributed by atoms with E-state index in [0.29, 0.717) is 24.6 Å². The third-order valence-electron chi connectivity index (χ3n) is 6.29. The van der Waals surface area contributed by atoms with Crippen LogP contribution in [0.25, 0.3) is 20.8 Å². The van der Waals surface area contributed by atoms with Crippen molar-refractivity contribution in [2.75, 3.05) is 25.0 Å². The Hall–Kier alpha value is -3.07. The molecule has 0 spiro atoms. The first kappa shape index (κ1) is 23.7. The molecule has 8 heteroatoms. The van der Waals surface area contributed by atoms with Gasteiger partial charge in [0.2, 0.25) is 10.0 Å². The minimum atomic E-state index is -3.60. The molecule has 1 aliphatic rings. The highest BCUT2D eigenvalue weighted by Gasteiger charge is 2.29. The first-order valence-electron chi connectivity index (χ1n) is 11.7. The van der Waals surface area contributed by atoms with Gasteiger partial charge in [-0.3, -0.25) is 4.79 Å². The zero-order valence-electron chi connectivity index (χ0n) is 19.5. The van der Waals surface area contributed by atoms with Gasteiger partial charge in [-0.25, -0.2) is 13.4 Å². The summed E-state index contributed by atoms with van der Waals surface area (Å²) in [7, 11) is -3.60. The van der Waals surface area contributed by atoms with Crippen molar-refractivity contribution in [3.63, 3.8) is 0 Å². The van der Waals surface area contributed by atoms with Crippen LogP contribution in [0.3, 0.4) is 0 Å². The van der Waals surface area contributed by atoms with E-state index in [1.165, 1.54) is 10.4 Å². The van der Waals surface area contributed by atoms with E-state index in [2.05, 4.69) is 23.3 Å². The fourth-order valence-corrected chi connectivity index (χ4v) is 6.97. The van der Waals surface area contributed by atoms with Crippen molar-refractivity contribution in [1.29, 1.82) is 0 Å². The normalized spacial score (nSPS) is 16.9. The number of carbonyl (C=O) groups excluding carboxylic acids is 1. The largest absolute Gasteiger partial charge is 0.378 e. The van der Waals surface area contributed by atoms with Gasteiger partial charge in [0, 0.05) is 29.9 Å². The Balaban J connectivity index is 1.25. The number of hydrogen-bond donors (Lipinski definition) is 1. The molecule has 6 nitrogen and oxygen atoms in total. The van der Waals surface area contributed by atoms with Gasteiger partial charge in [0.25, 0.3) is 0 Å². The number of hydrogen-bond acceptors (Lipinski definition) is 6. The van der Waals surface area contributed by atoms with E-state index in [0.717, 1.165) is 39.3 Å². The molecule has 0 radical (unpaired) electrons. The molecule has 0 amide bonds. The first-order valence-corrected chi connectivity index (χ1v) is 14.0. The smallest absolute Gasteiger partial charge is 0.243 e. The Labute approximate surface area is 209 Å². The number of fused-ring (bicyclic) bond motifs is 1. The van der Waals surface area contributed by atoms with Crippen LogP contribution in [0.5, 0.6) is 0 Å². The molecule has 3 aromatic carbocycles. The maximum atomic E-state index is 13.1. The number of rotatable bonds is 7. The zero-order valence-corrected chi connectivity index (χ0v) is 21.1. The second-order valence-corrected chi connectivity index (χ2v) is 11.9. The van der Waals surface area contributed by atoms with Crippen molar-refractivity contribution in [3.05, 3.63) is 78.4 Å². The van der Waals surface area contributed by atoms with Crippen molar-refractivity contribution in [2.24, 2.45) is 5.92 Å². The highest BCUT2D eigenvalue weighted by molar-refractivity contribution is 7.89. The number of Topliss-reactive ketones (excluding diaryl/α,β-unsaturated/α-hetero) is 1. The van der Waals surface area contributed by atoms with Gasteiger partial charge in [0.05, 0.1) is 21.7 Å². The Kier molecular flexibility index (Phi) is 6.69. The predicted octanol–water partition coefficient (Wildman–Crippen LogP) is 5.68. The summed E-state index contributed by atoms with van der Waals surface area (Å²) in [6.45, 7) is 3.19. The predicted molar refractivity (Wildman–Crippen MR) is 141 cm³/mol.